The van der Waals surface area contributed by atoms with E-state index in [0.717, 1.165) is 16.6 Å². The van der Waals surface area contributed by atoms with Crippen molar-refractivity contribution in [1.82, 2.24) is 4.98 Å². The number of ether oxygens (including phenoxy) is 1. The SMILES string of the molecule is O=C(O)[C@H](O)C(Nc1ccccc1OCc1ccc2ccccc2n1)c1ccccc1. The van der Waals surface area contributed by atoms with E-state index in [1.165, 1.54) is 0 Å². The number of aliphatic hydroxyl groups is 1. The van der Waals surface area contributed by atoms with Gasteiger partial charge in [-0.05, 0) is 29.8 Å². The van der Waals surface area contributed by atoms with Crippen LogP contribution in [0.3, 0.4) is 0 Å². The first-order valence-corrected chi connectivity index (χ1v) is 9.90. The summed E-state index contributed by atoms with van der Waals surface area (Å²) in [5.74, 6) is -0.768. The summed E-state index contributed by atoms with van der Waals surface area (Å²) in [6, 6.07) is 27.1. The molecule has 0 spiro atoms. The van der Waals surface area contributed by atoms with E-state index >= 15 is 0 Å². The van der Waals surface area contributed by atoms with E-state index in [1.807, 2.05) is 54.6 Å². The average molecular weight is 414 g/mol. The Morgan fingerprint density at radius 3 is 2.42 bits per heavy atom. The topological polar surface area (TPSA) is 91.7 Å². The number of aliphatic hydroxyl groups excluding tert-OH is 1. The Morgan fingerprint density at radius 2 is 1.61 bits per heavy atom. The molecule has 0 amide bonds. The molecule has 3 N–H and O–H groups in total. The Kier molecular flexibility index (Phi) is 6.10. The number of hydrogen-bond donors (Lipinski definition) is 3. The average Bonchev–Trinajstić information content (AvgIpc) is 2.81. The fourth-order valence-corrected chi connectivity index (χ4v) is 3.37. The minimum Gasteiger partial charge on any atom is -0.485 e. The number of aliphatic carboxylic acids is 1. The zero-order valence-corrected chi connectivity index (χ0v) is 16.7. The summed E-state index contributed by atoms with van der Waals surface area (Å²) in [5.41, 5.74) is 2.91. The highest BCUT2D eigenvalue weighted by Crippen LogP contribution is 2.30. The van der Waals surface area contributed by atoms with Crippen LogP contribution >= 0.6 is 0 Å². The number of anilines is 1. The largest absolute Gasteiger partial charge is 0.485 e. The van der Waals surface area contributed by atoms with Gasteiger partial charge in [-0.25, -0.2) is 9.78 Å². The van der Waals surface area contributed by atoms with Crippen LogP contribution in [0.2, 0.25) is 0 Å². The summed E-state index contributed by atoms with van der Waals surface area (Å²) >= 11 is 0. The maximum atomic E-state index is 11.5. The lowest BCUT2D eigenvalue weighted by Gasteiger charge is -2.24. The molecule has 0 bridgehead atoms. The van der Waals surface area contributed by atoms with Gasteiger partial charge >= 0.3 is 5.97 Å². The molecule has 0 saturated carbocycles. The van der Waals surface area contributed by atoms with Crippen LogP contribution in [0, 0.1) is 0 Å². The van der Waals surface area contributed by atoms with Crippen LogP contribution in [0.15, 0.2) is 91.0 Å². The van der Waals surface area contributed by atoms with Gasteiger partial charge in [-0.1, -0.05) is 66.7 Å². The van der Waals surface area contributed by atoms with Crippen LogP contribution < -0.4 is 10.1 Å². The van der Waals surface area contributed by atoms with Crippen LogP contribution in [0.1, 0.15) is 17.3 Å². The molecule has 0 aliphatic rings. The summed E-state index contributed by atoms with van der Waals surface area (Å²) in [6.07, 6.45) is -1.63. The molecule has 3 aromatic carbocycles. The quantitative estimate of drug-likeness (QED) is 0.396. The molecule has 2 atom stereocenters. The Hall–Kier alpha value is -3.90. The maximum Gasteiger partial charge on any atom is 0.335 e. The normalized spacial score (nSPS) is 12.8. The zero-order chi connectivity index (χ0) is 21.6. The highest BCUT2D eigenvalue weighted by molar-refractivity contribution is 5.78. The van der Waals surface area contributed by atoms with Crippen molar-refractivity contribution in [3.63, 3.8) is 0 Å². The highest BCUT2D eigenvalue weighted by atomic mass is 16.5. The Bertz CT molecular complexity index is 1180. The smallest absolute Gasteiger partial charge is 0.335 e. The third-order valence-electron chi connectivity index (χ3n) is 4.96. The van der Waals surface area contributed by atoms with Gasteiger partial charge in [0.05, 0.1) is 22.9 Å². The standard InChI is InChI=1S/C25H22N2O4/c28-24(25(29)30)23(18-9-2-1-3-10-18)27-21-12-6-7-13-22(21)31-16-19-15-14-17-8-4-5-11-20(17)26-19/h1-15,23-24,27-28H,16H2,(H,29,30)/t23?,24-/m1/s1. The lowest BCUT2D eigenvalue weighted by atomic mass is 10.0. The van der Waals surface area contributed by atoms with Gasteiger partial charge in [-0.2, -0.15) is 0 Å². The molecule has 0 fully saturated rings. The molecule has 1 aromatic heterocycles. The van der Waals surface area contributed by atoms with Crippen molar-refractivity contribution in [3.8, 4) is 5.75 Å². The molecule has 0 aliphatic heterocycles. The summed E-state index contributed by atoms with van der Waals surface area (Å²) in [7, 11) is 0. The Morgan fingerprint density at radius 1 is 0.903 bits per heavy atom. The van der Waals surface area contributed by atoms with E-state index in [2.05, 4.69) is 10.3 Å². The van der Waals surface area contributed by atoms with E-state index in [0.29, 0.717) is 17.0 Å². The van der Waals surface area contributed by atoms with Crippen LogP contribution in [0.25, 0.3) is 10.9 Å². The molecule has 31 heavy (non-hydrogen) atoms. The summed E-state index contributed by atoms with van der Waals surface area (Å²) < 4.78 is 6.00. The number of fused-ring (bicyclic) bond motifs is 1. The second kappa shape index (κ2) is 9.28. The number of carbonyl (C=O) groups is 1. The van der Waals surface area contributed by atoms with Crippen LogP contribution in [0.4, 0.5) is 5.69 Å². The van der Waals surface area contributed by atoms with Gasteiger partial charge in [0.25, 0.3) is 0 Å². The van der Waals surface area contributed by atoms with Gasteiger partial charge in [-0.15, -0.1) is 0 Å². The lowest BCUT2D eigenvalue weighted by molar-refractivity contribution is -0.147. The molecule has 4 aromatic rings. The number of carboxylic acid groups (broad SMARTS) is 1. The number of pyridine rings is 1. The fraction of sp³-hybridized carbons (Fsp3) is 0.120. The molecular formula is C25H22N2O4. The number of rotatable bonds is 8. The lowest BCUT2D eigenvalue weighted by Crippen LogP contribution is -2.32. The van der Waals surface area contributed by atoms with Gasteiger partial charge in [0.15, 0.2) is 6.10 Å². The molecule has 1 heterocycles. The predicted molar refractivity (Wildman–Crippen MR) is 119 cm³/mol. The second-order valence-electron chi connectivity index (χ2n) is 7.10. The number of nitrogens with zero attached hydrogens (tertiary/aromatic N) is 1. The van der Waals surface area contributed by atoms with E-state index < -0.39 is 18.1 Å². The first-order valence-electron chi connectivity index (χ1n) is 9.90. The highest BCUT2D eigenvalue weighted by Gasteiger charge is 2.28. The number of aromatic nitrogens is 1. The molecule has 6 heteroatoms. The van der Waals surface area contributed by atoms with Gasteiger partial charge < -0.3 is 20.3 Å². The first kappa shape index (κ1) is 20.4. The van der Waals surface area contributed by atoms with E-state index in [9.17, 15) is 15.0 Å². The van der Waals surface area contributed by atoms with Gasteiger partial charge in [0, 0.05) is 5.39 Å². The third-order valence-corrected chi connectivity index (χ3v) is 4.96. The first-order chi connectivity index (χ1) is 15.1. The van der Waals surface area contributed by atoms with Crippen molar-refractivity contribution in [2.45, 2.75) is 18.8 Å². The second-order valence-corrected chi connectivity index (χ2v) is 7.10. The van der Waals surface area contributed by atoms with Crippen molar-refractivity contribution in [2.75, 3.05) is 5.32 Å². The maximum absolute atomic E-state index is 11.5. The molecule has 0 aliphatic carbocycles. The number of benzene rings is 3. The summed E-state index contributed by atoms with van der Waals surface area (Å²) in [6.45, 7) is 0.251. The number of carboxylic acids is 1. The number of para-hydroxylation sites is 3. The fourth-order valence-electron chi connectivity index (χ4n) is 3.37. The van der Waals surface area contributed by atoms with Crippen molar-refractivity contribution < 1.29 is 19.7 Å². The Labute approximate surface area is 179 Å². The van der Waals surface area contributed by atoms with Gasteiger partial charge in [0.2, 0.25) is 0 Å². The minimum absolute atomic E-state index is 0.251. The number of hydrogen-bond acceptors (Lipinski definition) is 5. The summed E-state index contributed by atoms with van der Waals surface area (Å²) in [4.78, 5) is 16.1. The van der Waals surface area contributed by atoms with Gasteiger partial charge in [-0.3, -0.25) is 0 Å². The van der Waals surface area contributed by atoms with Crippen LogP contribution in [-0.2, 0) is 11.4 Å². The van der Waals surface area contributed by atoms with Crippen LogP contribution in [-0.4, -0.2) is 27.3 Å². The Balaban J connectivity index is 1.56. The van der Waals surface area contributed by atoms with Crippen molar-refractivity contribution in [3.05, 3.63) is 102 Å². The van der Waals surface area contributed by atoms with E-state index in [-0.39, 0.29) is 6.61 Å². The zero-order valence-electron chi connectivity index (χ0n) is 16.7. The van der Waals surface area contributed by atoms with E-state index in [1.54, 1.807) is 36.4 Å². The van der Waals surface area contributed by atoms with Crippen molar-refractivity contribution in [1.29, 1.82) is 0 Å². The number of nitrogens with one attached hydrogen (secondary N) is 1. The van der Waals surface area contributed by atoms with Crippen LogP contribution in [0.5, 0.6) is 5.75 Å². The molecule has 156 valence electrons. The molecule has 6 nitrogen and oxygen atoms in total. The molecule has 4 rings (SSSR count). The van der Waals surface area contributed by atoms with E-state index in [4.69, 9.17) is 4.74 Å². The summed E-state index contributed by atoms with van der Waals surface area (Å²) in [5, 5.41) is 23.8. The van der Waals surface area contributed by atoms with Gasteiger partial charge in [0.1, 0.15) is 12.4 Å². The molecule has 1 unspecified atom stereocenters. The minimum atomic E-state index is -1.63. The third kappa shape index (κ3) is 4.82. The van der Waals surface area contributed by atoms with Crippen molar-refractivity contribution in [2.24, 2.45) is 0 Å². The predicted octanol–water partition coefficient (Wildman–Crippen LogP) is 4.41. The molecular weight excluding hydrogens is 392 g/mol. The molecule has 0 saturated heterocycles. The molecule has 0 radical (unpaired) electrons. The van der Waals surface area contributed by atoms with Crippen molar-refractivity contribution >= 4 is 22.6 Å². The monoisotopic (exact) mass is 414 g/mol.